The summed E-state index contributed by atoms with van der Waals surface area (Å²) in [5.41, 5.74) is 14.1. The minimum atomic E-state index is 0.243. The third kappa shape index (κ3) is 4.29. The first-order valence-corrected chi connectivity index (χ1v) is 19.1. The van der Waals surface area contributed by atoms with E-state index in [4.69, 9.17) is 9.98 Å². The zero-order valence-corrected chi connectivity index (χ0v) is 29.2. The molecular weight excluding hydrogens is 684 g/mol. The number of hydrogen-bond donors (Lipinski definition) is 0. The van der Waals surface area contributed by atoms with E-state index in [0.717, 1.165) is 27.7 Å². The Morgan fingerprint density at radius 1 is 0.353 bits per heavy atom. The van der Waals surface area contributed by atoms with Crippen LogP contribution in [0.15, 0.2) is 180 Å². The molecule has 3 heteroatoms. The van der Waals surface area contributed by atoms with E-state index in [1.54, 1.807) is 0 Å². The first kappa shape index (κ1) is 28.7. The van der Waals surface area contributed by atoms with Crippen LogP contribution in [0.5, 0.6) is 0 Å². The molecule has 1 aromatic heterocycles. The van der Waals surface area contributed by atoms with Crippen molar-refractivity contribution in [1.82, 2.24) is 0 Å². The summed E-state index contributed by atoms with van der Waals surface area (Å²) in [7, 11) is 0. The van der Waals surface area contributed by atoms with Gasteiger partial charge in [0.15, 0.2) is 0 Å². The van der Waals surface area contributed by atoms with Crippen molar-refractivity contribution in [3.63, 3.8) is 0 Å². The Kier molecular flexibility index (Phi) is 6.30. The fourth-order valence-corrected chi connectivity index (χ4v) is 10.6. The van der Waals surface area contributed by atoms with Crippen LogP contribution >= 0.6 is 0 Å². The molecule has 0 saturated carbocycles. The molecule has 0 N–H and O–H groups in total. The molecule has 0 atom stereocenters. The van der Waals surface area contributed by atoms with E-state index in [-0.39, 0.29) is 14.5 Å². The Morgan fingerprint density at radius 2 is 1.02 bits per heavy atom. The van der Waals surface area contributed by atoms with Gasteiger partial charge in [0.2, 0.25) is 0 Å². The molecule has 3 heterocycles. The summed E-state index contributed by atoms with van der Waals surface area (Å²) in [6, 6.07) is 61.8. The van der Waals surface area contributed by atoms with Crippen LogP contribution in [-0.2, 0) is 0 Å². The summed E-state index contributed by atoms with van der Waals surface area (Å²) in [6.45, 7) is 0. The molecule has 2 aliphatic rings. The predicted octanol–water partition coefficient (Wildman–Crippen LogP) is 11.2. The Labute approximate surface area is 300 Å². The van der Waals surface area contributed by atoms with Gasteiger partial charge in [-0.25, -0.2) is 0 Å². The van der Waals surface area contributed by atoms with Crippen LogP contribution in [0.2, 0.25) is 0 Å². The molecule has 0 unspecified atom stereocenters. The van der Waals surface area contributed by atoms with Crippen molar-refractivity contribution in [2.45, 2.75) is 0 Å². The first-order chi connectivity index (χ1) is 25.3. The fourth-order valence-electron chi connectivity index (χ4n) is 8.27. The summed E-state index contributed by atoms with van der Waals surface area (Å²) >= 11 is 0.243. The van der Waals surface area contributed by atoms with Gasteiger partial charge in [-0.1, -0.05) is 6.07 Å². The standard InChI is InChI=1S/C48H28N2Se/c1-2-13-29(14-3-1)30-15-4-5-16-31(30)32-17-6-7-18-33(32)35-25-27-40-46(45(35)38-21-12-24-43-44(38)37-20-9-11-23-42(37)51-43)47-41(49-40)28-26-36-34-19-8-10-22-39(34)50-48(36)47/h1-28H. The Morgan fingerprint density at radius 3 is 1.88 bits per heavy atom. The number of para-hydroxylation sites is 1. The SMILES string of the molecule is c1ccc(-c2ccccc2-c2ccccc2-c2ccc3c(c2-c2cccc4[se]c5ccccc5c24)-c2c4c(ccc2=N3)=c2ccccc2=N4)cc1. The van der Waals surface area contributed by atoms with Gasteiger partial charge in [-0.05, 0) is 0 Å². The van der Waals surface area contributed by atoms with Gasteiger partial charge in [0.1, 0.15) is 0 Å². The van der Waals surface area contributed by atoms with E-state index in [1.807, 2.05) is 0 Å². The molecule has 9 aromatic rings. The Balaban J connectivity index is 1.27. The molecule has 8 aromatic carbocycles. The molecule has 0 fully saturated rings. The average molecular weight is 712 g/mol. The number of nitrogens with zero attached hydrogens (tertiary/aromatic N) is 2. The summed E-state index contributed by atoms with van der Waals surface area (Å²) in [5, 5.41) is 7.06. The van der Waals surface area contributed by atoms with Gasteiger partial charge in [-0.15, -0.1) is 0 Å². The van der Waals surface area contributed by atoms with Crippen LogP contribution in [-0.4, -0.2) is 14.5 Å². The molecule has 11 rings (SSSR count). The van der Waals surface area contributed by atoms with Gasteiger partial charge in [-0.2, -0.15) is 0 Å². The molecule has 0 spiro atoms. The number of hydrogen-bond acceptors (Lipinski definition) is 2. The van der Waals surface area contributed by atoms with E-state index in [0.29, 0.717) is 0 Å². The summed E-state index contributed by atoms with van der Waals surface area (Å²) < 4.78 is 2.87. The second-order valence-corrected chi connectivity index (χ2v) is 15.5. The van der Waals surface area contributed by atoms with Gasteiger partial charge in [0, 0.05) is 0 Å². The molecule has 0 radical (unpaired) electrons. The monoisotopic (exact) mass is 712 g/mol. The van der Waals surface area contributed by atoms with Crippen LogP contribution in [0.25, 0.3) is 74.9 Å². The zero-order chi connectivity index (χ0) is 33.5. The second kappa shape index (κ2) is 11.2. The number of benzene rings is 8. The van der Waals surface area contributed by atoms with Gasteiger partial charge in [0.05, 0.1) is 0 Å². The molecule has 2 aliphatic heterocycles. The molecule has 236 valence electrons. The van der Waals surface area contributed by atoms with Crippen LogP contribution in [0.1, 0.15) is 0 Å². The van der Waals surface area contributed by atoms with E-state index < -0.39 is 0 Å². The average Bonchev–Trinajstić information content (AvgIpc) is 3.89. The predicted molar refractivity (Wildman–Crippen MR) is 211 cm³/mol. The molecule has 51 heavy (non-hydrogen) atoms. The Bertz CT molecular complexity index is 3140. The van der Waals surface area contributed by atoms with Gasteiger partial charge >= 0.3 is 296 Å². The van der Waals surface area contributed by atoms with Crippen molar-refractivity contribution in [1.29, 1.82) is 0 Å². The number of rotatable bonds is 4. The summed E-state index contributed by atoms with van der Waals surface area (Å²) in [4.78, 5) is 10.6. The summed E-state index contributed by atoms with van der Waals surface area (Å²) in [6.07, 6.45) is 0. The van der Waals surface area contributed by atoms with E-state index in [2.05, 4.69) is 170 Å². The Hall–Kier alpha value is -6.12. The molecule has 0 aliphatic carbocycles. The van der Waals surface area contributed by atoms with Crippen LogP contribution in [0.3, 0.4) is 0 Å². The van der Waals surface area contributed by atoms with Crippen molar-refractivity contribution >= 4 is 45.2 Å². The maximum atomic E-state index is 5.29. The second-order valence-electron chi connectivity index (χ2n) is 13.2. The van der Waals surface area contributed by atoms with Crippen molar-refractivity contribution in [2.75, 3.05) is 0 Å². The van der Waals surface area contributed by atoms with Crippen molar-refractivity contribution in [2.24, 2.45) is 9.98 Å². The van der Waals surface area contributed by atoms with Crippen LogP contribution in [0, 0.1) is 10.4 Å². The normalized spacial score (nSPS) is 12.2. The fraction of sp³-hybridized carbons (Fsp3) is 0. The van der Waals surface area contributed by atoms with E-state index in [1.165, 1.54) is 79.8 Å². The van der Waals surface area contributed by atoms with Gasteiger partial charge in [-0.3, -0.25) is 0 Å². The summed E-state index contributed by atoms with van der Waals surface area (Å²) in [5.74, 6) is 0. The number of fused-ring (bicyclic) bond motifs is 9. The molecule has 0 bridgehead atoms. The van der Waals surface area contributed by atoms with E-state index >= 15 is 0 Å². The van der Waals surface area contributed by atoms with Crippen LogP contribution < -0.4 is 10.7 Å². The third-order valence-corrected chi connectivity index (χ3v) is 12.8. The van der Waals surface area contributed by atoms with E-state index in [9.17, 15) is 0 Å². The van der Waals surface area contributed by atoms with Crippen molar-refractivity contribution < 1.29 is 0 Å². The molecule has 2 nitrogen and oxygen atoms in total. The minimum absolute atomic E-state index is 0.243. The maximum absolute atomic E-state index is 5.29. The first-order valence-electron chi connectivity index (χ1n) is 17.3. The van der Waals surface area contributed by atoms with Crippen molar-refractivity contribution in [3.8, 4) is 55.6 Å². The quantitative estimate of drug-likeness (QED) is 0.162. The molecule has 0 amide bonds. The van der Waals surface area contributed by atoms with Gasteiger partial charge in [0.25, 0.3) is 0 Å². The molecule has 0 saturated heterocycles. The topological polar surface area (TPSA) is 24.7 Å². The van der Waals surface area contributed by atoms with Gasteiger partial charge < -0.3 is 0 Å². The van der Waals surface area contributed by atoms with Crippen molar-refractivity contribution in [3.05, 3.63) is 191 Å². The molecular formula is C48H28N2Se. The zero-order valence-electron chi connectivity index (χ0n) is 27.5. The third-order valence-electron chi connectivity index (χ3n) is 10.4. The van der Waals surface area contributed by atoms with Crippen LogP contribution in [0.4, 0.5) is 11.4 Å².